The van der Waals surface area contributed by atoms with Gasteiger partial charge in [-0.15, -0.1) is 0 Å². The highest BCUT2D eigenvalue weighted by Gasteiger charge is 2.42. The first-order valence-corrected chi connectivity index (χ1v) is 8.59. The van der Waals surface area contributed by atoms with Crippen molar-refractivity contribution in [1.82, 2.24) is 9.80 Å². The molecule has 0 N–H and O–H groups in total. The van der Waals surface area contributed by atoms with Gasteiger partial charge in [0, 0.05) is 36.9 Å². The molecule has 4 heteroatoms. The molecule has 2 amide bonds. The molecule has 118 valence electrons. The number of carbonyl (C=O) groups is 1. The average Bonchev–Trinajstić information content (AvgIpc) is 2.90. The van der Waals surface area contributed by atoms with Crippen molar-refractivity contribution in [1.29, 1.82) is 0 Å². The van der Waals surface area contributed by atoms with Gasteiger partial charge >= 0.3 is 6.03 Å². The standard InChI is InChI=1S/C18H25N3O/c1-19-15-8-5-9-16(19)13-17(12-15)21-11-10-20(18(21)22)14-6-3-2-4-7-14/h2-4,6-7,15-17H,5,8-13H2,1H3. The fraction of sp³-hybridized carbons (Fsp3) is 0.611. The number of hydrogen-bond acceptors (Lipinski definition) is 2. The molecule has 3 heterocycles. The van der Waals surface area contributed by atoms with Gasteiger partial charge in [0.15, 0.2) is 0 Å². The summed E-state index contributed by atoms with van der Waals surface area (Å²) in [6.07, 6.45) is 6.26. The second kappa shape index (κ2) is 5.58. The molecule has 0 aliphatic carbocycles. The van der Waals surface area contributed by atoms with Crippen LogP contribution in [-0.4, -0.2) is 54.1 Å². The molecule has 0 spiro atoms. The van der Waals surface area contributed by atoms with Gasteiger partial charge in [0.25, 0.3) is 0 Å². The molecule has 0 radical (unpaired) electrons. The quantitative estimate of drug-likeness (QED) is 0.839. The molecule has 4 rings (SSSR count). The van der Waals surface area contributed by atoms with Crippen LogP contribution in [0.5, 0.6) is 0 Å². The molecule has 0 saturated carbocycles. The SMILES string of the molecule is CN1C2CCCC1CC(N1CCN(c3ccccc3)C1=O)C2. The Kier molecular flexibility index (Phi) is 3.57. The van der Waals surface area contributed by atoms with Gasteiger partial charge in [0.2, 0.25) is 0 Å². The highest BCUT2D eigenvalue weighted by atomic mass is 16.2. The second-order valence-corrected chi connectivity index (χ2v) is 6.99. The van der Waals surface area contributed by atoms with Crippen molar-refractivity contribution in [2.45, 2.75) is 50.2 Å². The Morgan fingerprint density at radius 1 is 0.955 bits per heavy atom. The van der Waals surface area contributed by atoms with Crippen LogP contribution in [0.2, 0.25) is 0 Å². The Labute approximate surface area is 132 Å². The first-order chi connectivity index (χ1) is 10.7. The average molecular weight is 299 g/mol. The summed E-state index contributed by atoms with van der Waals surface area (Å²) in [7, 11) is 2.27. The highest BCUT2D eigenvalue weighted by molar-refractivity contribution is 5.94. The van der Waals surface area contributed by atoms with Crippen LogP contribution in [0.15, 0.2) is 30.3 Å². The number of benzene rings is 1. The molecule has 22 heavy (non-hydrogen) atoms. The molecule has 0 aromatic heterocycles. The van der Waals surface area contributed by atoms with Crippen LogP contribution in [-0.2, 0) is 0 Å². The summed E-state index contributed by atoms with van der Waals surface area (Å²) in [5.74, 6) is 0. The molecular weight excluding hydrogens is 274 g/mol. The summed E-state index contributed by atoms with van der Waals surface area (Å²) >= 11 is 0. The Morgan fingerprint density at radius 3 is 2.32 bits per heavy atom. The molecule has 3 aliphatic rings. The van der Waals surface area contributed by atoms with E-state index >= 15 is 0 Å². The Balaban J connectivity index is 1.49. The number of nitrogens with zero attached hydrogens (tertiary/aromatic N) is 3. The minimum absolute atomic E-state index is 0.207. The zero-order chi connectivity index (χ0) is 15.1. The third kappa shape index (κ3) is 2.30. The van der Waals surface area contributed by atoms with E-state index in [-0.39, 0.29) is 6.03 Å². The number of piperidine rings is 2. The normalized spacial score (nSPS) is 32.6. The monoisotopic (exact) mass is 299 g/mol. The molecule has 3 fully saturated rings. The lowest BCUT2D eigenvalue weighted by Gasteiger charge is -2.48. The van der Waals surface area contributed by atoms with E-state index in [9.17, 15) is 4.79 Å². The van der Waals surface area contributed by atoms with Crippen molar-refractivity contribution < 1.29 is 4.79 Å². The molecule has 3 saturated heterocycles. The number of anilines is 1. The van der Waals surface area contributed by atoms with Crippen molar-refractivity contribution in [2.24, 2.45) is 0 Å². The van der Waals surface area contributed by atoms with E-state index in [2.05, 4.69) is 16.8 Å². The molecule has 3 aliphatic heterocycles. The number of hydrogen-bond donors (Lipinski definition) is 0. The summed E-state index contributed by atoms with van der Waals surface area (Å²) in [6.45, 7) is 1.70. The van der Waals surface area contributed by atoms with E-state index in [0.717, 1.165) is 31.6 Å². The van der Waals surface area contributed by atoms with Crippen molar-refractivity contribution in [2.75, 3.05) is 25.0 Å². The van der Waals surface area contributed by atoms with Crippen LogP contribution >= 0.6 is 0 Å². The van der Waals surface area contributed by atoms with Crippen LogP contribution in [0.1, 0.15) is 32.1 Å². The molecule has 1 aromatic carbocycles. The summed E-state index contributed by atoms with van der Waals surface area (Å²) in [5.41, 5.74) is 1.03. The molecule has 2 atom stereocenters. The van der Waals surface area contributed by atoms with Crippen molar-refractivity contribution in [3.63, 3.8) is 0 Å². The lowest BCUT2D eigenvalue weighted by atomic mass is 9.82. The van der Waals surface area contributed by atoms with E-state index in [4.69, 9.17) is 0 Å². The van der Waals surface area contributed by atoms with Gasteiger partial charge in [-0.2, -0.15) is 0 Å². The lowest BCUT2D eigenvalue weighted by Crippen LogP contribution is -2.56. The summed E-state index contributed by atoms with van der Waals surface area (Å²) < 4.78 is 0. The minimum atomic E-state index is 0.207. The van der Waals surface area contributed by atoms with Gasteiger partial charge < -0.3 is 9.80 Å². The smallest absolute Gasteiger partial charge is 0.319 e. The van der Waals surface area contributed by atoms with Crippen LogP contribution < -0.4 is 4.90 Å². The Bertz CT molecular complexity index is 533. The largest absolute Gasteiger partial charge is 0.324 e. The molecule has 4 nitrogen and oxygen atoms in total. The third-order valence-electron chi connectivity index (χ3n) is 5.86. The van der Waals surface area contributed by atoms with Gasteiger partial charge in [-0.3, -0.25) is 4.90 Å². The van der Waals surface area contributed by atoms with Gasteiger partial charge in [-0.05, 0) is 44.9 Å². The summed E-state index contributed by atoms with van der Waals surface area (Å²) in [5, 5.41) is 0. The van der Waals surface area contributed by atoms with Gasteiger partial charge in [-0.25, -0.2) is 4.79 Å². The van der Waals surface area contributed by atoms with E-state index in [0.29, 0.717) is 18.1 Å². The maximum atomic E-state index is 12.8. The van der Waals surface area contributed by atoms with E-state index < -0.39 is 0 Å². The molecule has 2 unspecified atom stereocenters. The molecule has 1 aromatic rings. The number of amides is 2. The molecular formula is C18H25N3O. The van der Waals surface area contributed by atoms with Crippen molar-refractivity contribution in [3.05, 3.63) is 30.3 Å². The van der Waals surface area contributed by atoms with Crippen molar-refractivity contribution in [3.8, 4) is 0 Å². The highest BCUT2D eigenvalue weighted by Crippen LogP contribution is 2.36. The first-order valence-electron chi connectivity index (χ1n) is 8.59. The van der Waals surface area contributed by atoms with Crippen LogP contribution in [0, 0.1) is 0 Å². The van der Waals surface area contributed by atoms with Crippen LogP contribution in [0.25, 0.3) is 0 Å². The Hall–Kier alpha value is -1.55. The van der Waals surface area contributed by atoms with Gasteiger partial charge in [-0.1, -0.05) is 24.6 Å². The topological polar surface area (TPSA) is 26.8 Å². The maximum absolute atomic E-state index is 12.8. The predicted octanol–water partition coefficient (Wildman–Crippen LogP) is 2.94. The fourth-order valence-electron chi connectivity index (χ4n) is 4.58. The second-order valence-electron chi connectivity index (χ2n) is 6.99. The van der Waals surface area contributed by atoms with Crippen LogP contribution in [0.4, 0.5) is 10.5 Å². The zero-order valence-electron chi connectivity index (χ0n) is 13.3. The first kappa shape index (κ1) is 14.1. The maximum Gasteiger partial charge on any atom is 0.324 e. The Morgan fingerprint density at radius 2 is 1.64 bits per heavy atom. The van der Waals surface area contributed by atoms with Gasteiger partial charge in [0.05, 0.1) is 0 Å². The van der Waals surface area contributed by atoms with E-state index in [1.54, 1.807) is 0 Å². The summed E-state index contributed by atoms with van der Waals surface area (Å²) in [4.78, 5) is 19.5. The lowest BCUT2D eigenvalue weighted by molar-refractivity contribution is 0.0251. The number of para-hydroxylation sites is 1. The van der Waals surface area contributed by atoms with Crippen molar-refractivity contribution >= 4 is 11.7 Å². The summed E-state index contributed by atoms with van der Waals surface area (Å²) in [6, 6.07) is 12.1. The number of urea groups is 1. The zero-order valence-corrected chi connectivity index (χ0v) is 13.3. The van der Waals surface area contributed by atoms with E-state index in [1.807, 2.05) is 35.2 Å². The number of fused-ring (bicyclic) bond motifs is 2. The van der Waals surface area contributed by atoms with E-state index in [1.165, 1.54) is 19.3 Å². The molecule has 2 bridgehead atoms. The fourth-order valence-corrected chi connectivity index (χ4v) is 4.58. The third-order valence-corrected chi connectivity index (χ3v) is 5.86. The predicted molar refractivity (Wildman–Crippen MR) is 88.1 cm³/mol. The number of carbonyl (C=O) groups excluding carboxylic acids is 1. The minimum Gasteiger partial charge on any atom is -0.319 e. The van der Waals surface area contributed by atoms with Crippen LogP contribution in [0.3, 0.4) is 0 Å². The van der Waals surface area contributed by atoms with Gasteiger partial charge in [0.1, 0.15) is 0 Å². The number of rotatable bonds is 2.